The summed E-state index contributed by atoms with van der Waals surface area (Å²) in [6, 6.07) is 8.00. The molecule has 1 saturated carbocycles. The van der Waals surface area contributed by atoms with Crippen LogP contribution in [0.15, 0.2) is 30.6 Å². The molecule has 1 heterocycles. The molecule has 6 heteroatoms. The quantitative estimate of drug-likeness (QED) is 0.744. The van der Waals surface area contributed by atoms with Gasteiger partial charge in [0.2, 0.25) is 0 Å². The number of nitrogens with one attached hydrogen (secondary N) is 2. The first-order valence-electron chi connectivity index (χ1n) is 8.44. The van der Waals surface area contributed by atoms with Gasteiger partial charge in [-0.15, -0.1) is 0 Å². The van der Waals surface area contributed by atoms with Crippen molar-refractivity contribution in [3.8, 4) is 5.75 Å². The Balaban J connectivity index is 1.67. The molecular weight excluding hydrogens is 324 g/mol. The highest BCUT2D eigenvalue weighted by molar-refractivity contribution is 6.32. The summed E-state index contributed by atoms with van der Waals surface area (Å²) in [5, 5.41) is 7.36. The number of halogens is 1. The second-order valence-corrected chi connectivity index (χ2v) is 6.50. The first-order chi connectivity index (χ1) is 11.7. The Hall–Kier alpha value is -2.01. The Bertz CT molecular complexity index is 672. The normalized spacial score (nSPS) is 15.6. The Morgan fingerprint density at radius 1 is 1.04 bits per heavy atom. The van der Waals surface area contributed by atoms with Gasteiger partial charge in [0.15, 0.2) is 0 Å². The fourth-order valence-corrected chi connectivity index (χ4v) is 3.29. The van der Waals surface area contributed by atoms with Crippen molar-refractivity contribution in [1.29, 1.82) is 0 Å². The van der Waals surface area contributed by atoms with Crippen molar-refractivity contribution in [3.05, 3.63) is 35.6 Å². The highest BCUT2D eigenvalue weighted by atomic mass is 35.5. The van der Waals surface area contributed by atoms with Gasteiger partial charge in [-0.05, 0) is 31.0 Å². The van der Waals surface area contributed by atoms with Crippen LogP contribution in [0.5, 0.6) is 5.75 Å². The van der Waals surface area contributed by atoms with Crippen LogP contribution in [0.2, 0.25) is 5.02 Å². The van der Waals surface area contributed by atoms with E-state index in [0.29, 0.717) is 16.8 Å². The maximum atomic E-state index is 6.16. The van der Waals surface area contributed by atoms with Crippen LogP contribution in [0.3, 0.4) is 0 Å². The third-order valence-electron chi connectivity index (χ3n) is 4.30. The summed E-state index contributed by atoms with van der Waals surface area (Å²) in [4.78, 5) is 8.62. The third kappa shape index (κ3) is 4.51. The average Bonchev–Trinajstić information content (AvgIpc) is 2.84. The summed E-state index contributed by atoms with van der Waals surface area (Å²) >= 11 is 6.16. The van der Waals surface area contributed by atoms with E-state index >= 15 is 0 Å². The molecule has 1 aromatic heterocycles. The van der Waals surface area contributed by atoms with Crippen molar-refractivity contribution in [3.63, 3.8) is 0 Å². The number of nitrogens with zero attached hydrogens (tertiary/aromatic N) is 2. The summed E-state index contributed by atoms with van der Waals surface area (Å²) in [6.07, 6.45) is 9.25. The molecule has 2 N–H and O–H groups in total. The Morgan fingerprint density at radius 2 is 1.79 bits per heavy atom. The maximum Gasteiger partial charge on any atom is 0.137 e. The lowest BCUT2D eigenvalue weighted by Crippen LogP contribution is -2.19. The topological polar surface area (TPSA) is 59.1 Å². The number of hydrogen-bond acceptors (Lipinski definition) is 5. The Labute approximate surface area is 147 Å². The van der Waals surface area contributed by atoms with E-state index in [-0.39, 0.29) is 0 Å². The third-order valence-corrected chi connectivity index (χ3v) is 4.59. The lowest BCUT2D eigenvalue weighted by Gasteiger charge is -2.17. The highest BCUT2D eigenvalue weighted by Gasteiger charge is 2.12. The molecular formula is C18H23ClN4O. The molecule has 1 aromatic carbocycles. The zero-order valence-corrected chi connectivity index (χ0v) is 14.6. The number of rotatable bonds is 5. The van der Waals surface area contributed by atoms with Crippen molar-refractivity contribution in [1.82, 2.24) is 9.97 Å². The Morgan fingerprint density at radius 3 is 2.50 bits per heavy atom. The number of benzene rings is 1. The number of methoxy groups -OCH3 is 1. The van der Waals surface area contributed by atoms with Crippen LogP contribution in [-0.4, -0.2) is 23.1 Å². The highest BCUT2D eigenvalue weighted by Crippen LogP contribution is 2.29. The summed E-state index contributed by atoms with van der Waals surface area (Å²) in [7, 11) is 1.60. The average molecular weight is 347 g/mol. The summed E-state index contributed by atoms with van der Waals surface area (Å²) < 4.78 is 5.17. The number of ether oxygens (including phenoxy) is 1. The molecule has 0 amide bonds. The molecule has 1 aliphatic rings. The standard InChI is InChI=1S/C18H23ClN4O/c1-24-16-9-8-14(10-15(16)19)23-18-11-17(20-12-21-18)22-13-6-4-2-3-5-7-13/h8-13H,2-7H2,1H3,(H2,20,21,22,23). The van der Waals surface area contributed by atoms with E-state index in [1.807, 2.05) is 24.3 Å². The lowest BCUT2D eigenvalue weighted by molar-refractivity contribution is 0.415. The minimum absolute atomic E-state index is 0.505. The predicted molar refractivity (Wildman–Crippen MR) is 98.4 cm³/mol. The molecule has 1 aliphatic carbocycles. The first-order valence-corrected chi connectivity index (χ1v) is 8.81. The van der Waals surface area contributed by atoms with Gasteiger partial charge < -0.3 is 15.4 Å². The molecule has 1 fully saturated rings. The van der Waals surface area contributed by atoms with Crippen LogP contribution < -0.4 is 15.4 Å². The molecule has 128 valence electrons. The van der Waals surface area contributed by atoms with Crippen LogP contribution in [0.4, 0.5) is 17.3 Å². The summed E-state index contributed by atoms with van der Waals surface area (Å²) in [6.45, 7) is 0. The fraction of sp³-hybridized carbons (Fsp3) is 0.444. The molecule has 2 aromatic rings. The number of aromatic nitrogens is 2. The molecule has 3 rings (SSSR count). The molecule has 0 bridgehead atoms. The van der Waals surface area contributed by atoms with E-state index in [9.17, 15) is 0 Å². The van der Waals surface area contributed by atoms with Crippen molar-refractivity contribution >= 4 is 28.9 Å². The van der Waals surface area contributed by atoms with Crippen LogP contribution in [0.25, 0.3) is 0 Å². The van der Waals surface area contributed by atoms with Crippen LogP contribution >= 0.6 is 11.6 Å². The van der Waals surface area contributed by atoms with Crippen molar-refractivity contribution in [2.24, 2.45) is 0 Å². The molecule has 0 spiro atoms. The van der Waals surface area contributed by atoms with Crippen LogP contribution in [0.1, 0.15) is 38.5 Å². The van der Waals surface area contributed by atoms with Crippen LogP contribution in [0, 0.1) is 0 Å². The minimum Gasteiger partial charge on any atom is -0.495 e. The van der Waals surface area contributed by atoms with Gasteiger partial charge in [0, 0.05) is 17.8 Å². The van der Waals surface area contributed by atoms with Crippen molar-refractivity contribution in [2.45, 2.75) is 44.6 Å². The van der Waals surface area contributed by atoms with E-state index in [2.05, 4.69) is 20.6 Å². The SMILES string of the molecule is COc1ccc(Nc2cc(NC3CCCCCC3)ncn2)cc1Cl. The van der Waals surface area contributed by atoms with Crippen LogP contribution in [-0.2, 0) is 0 Å². The molecule has 0 aliphatic heterocycles. The lowest BCUT2D eigenvalue weighted by atomic mass is 10.1. The molecule has 0 radical (unpaired) electrons. The smallest absolute Gasteiger partial charge is 0.137 e. The molecule has 0 saturated heterocycles. The molecule has 5 nitrogen and oxygen atoms in total. The van der Waals surface area contributed by atoms with Gasteiger partial charge in [-0.25, -0.2) is 9.97 Å². The van der Waals surface area contributed by atoms with Crippen molar-refractivity contribution < 1.29 is 4.74 Å². The van der Waals surface area contributed by atoms with Gasteiger partial charge in [0.25, 0.3) is 0 Å². The maximum absolute atomic E-state index is 6.16. The van der Waals surface area contributed by atoms with E-state index < -0.39 is 0 Å². The zero-order chi connectivity index (χ0) is 16.8. The number of hydrogen-bond donors (Lipinski definition) is 2. The second-order valence-electron chi connectivity index (χ2n) is 6.10. The van der Waals surface area contributed by atoms with Crippen molar-refractivity contribution in [2.75, 3.05) is 17.7 Å². The summed E-state index contributed by atoms with van der Waals surface area (Å²) in [5.74, 6) is 2.25. The van der Waals surface area contributed by atoms with E-state index in [4.69, 9.17) is 16.3 Å². The Kier molecular flexibility index (Phi) is 5.75. The molecule has 24 heavy (non-hydrogen) atoms. The fourth-order valence-electron chi connectivity index (χ4n) is 3.03. The van der Waals surface area contributed by atoms with E-state index in [1.54, 1.807) is 13.4 Å². The van der Waals surface area contributed by atoms with Gasteiger partial charge in [0.1, 0.15) is 23.7 Å². The van der Waals surface area contributed by atoms with Gasteiger partial charge in [-0.1, -0.05) is 37.3 Å². The van der Waals surface area contributed by atoms with Gasteiger partial charge in [-0.2, -0.15) is 0 Å². The van der Waals surface area contributed by atoms with Gasteiger partial charge in [-0.3, -0.25) is 0 Å². The monoisotopic (exact) mass is 346 g/mol. The van der Waals surface area contributed by atoms with E-state index in [0.717, 1.165) is 17.3 Å². The van der Waals surface area contributed by atoms with Gasteiger partial charge in [0.05, 0.1) is 12.1 Å². The molecule has 0 unspecified atom stereocenters. The van der Waals surface area contributed by atoms with E-state index in [1.165, 1.54) is 38.5 Å². The minimum atomic E-state index is 0.505. The second kappa shape index (κ2) is 8.20. The summed E-state index contributed by atoms with van der Waals surface area (Å²) in [5.41, 5.74) is 0.861. The zero-order valence-electron chi connectivity index (χ0n) is 13.9. The molecule has 0 atom stereocenters. The number of anilines is 3. The first kappa shape index (κ1) is 16.8. The van der Waals surface area contributed by atoms with Gasteiger partial charge >= 0.3 is 0 Å². The largest absolute Gasteiger partial charge is 0.495 e. The predicted octanol–water partition coefficient (Wildman–Crippen LogP) is 5.02.